The van der Waals surface area contributed by atoms with Crippen LogP contribution in [0.5, 0.6) is 0 Å². The third-order valence-electron chi connectivity index (χ3n) is 2.09. The number of hydrogen-bond donors (Lipinski definition) is 0. The Balaban J connectivity index is -0.000000368. The van der Waals surface area contributed by atoms with Crippen molar-refractivity contribution >= 4 is 20.4 Å². The van der Waals surface area contributed by atoms with Crippen molar-refractivity contribution < 1.29 is 31.7 Å². The summed E-state index contributed by atoms with van der Waals surface area (Å²) in [6.45, 7) is 6.00. The van der Waals surface area contributed by atoms with E-state index < -0.39 is 0 Å². The number of benzene rings is 2. The largest absolute Gasteiger partial charge is 0.307 e. The van der Waals surface area contributed by atoms with Crippen LogP contribution < -0.4 is 0 Å². The van der Waals surface area contributed by atoms with E-state index in [1.54, 1.807) is 0 Å². The fraction of sp³-hybridized carbons (Fsp3) is 0.0625. The summed E-state index contributed by atoms with van der Waals surface area (Å²) in [4.78, 5) is 24.0. The van der Waals surface area contributed by atoms with Gasteiger partial charge in [-0.05, 0) is 17.5 Å². The van der Waals surface area contributed by atoms with Crippen LogP contribution in [0.1, 0.15) is 11.1 Å². The van der Waals surface area contributed by atoms with Crippen molar-refractivity contribution in [1.29, 1.82) is 0 Å². The minimum absolute atomic E-state index is 0. The molecule has 2 aromatic rings. The second-order valence-corrected chi connectivity index (χ2v) is 3.15. The molecule has 0 N–H and O–H groups in total. The van der Waals surface area contributed by atoms with E-state index >= 15 is 0 Å². The van der Waals surface area contributed by atoms with Crippen LogP contribution in [-0.4, -0.2) is 20.4 Å². The van der Waals surface area contributed by atoms with E-state index in [9.17, 15) is 0 Å². The first-order valence-electron chi connectivity index (χ1n) is 5.39. The quantitative estimate of drug-likeness (QED) is 0.857. The summed E-state index contributed by atoms with van der Waals surface area (Å²) in [5, 5.41) is 0. The maximum absolute atomic E-state index is 8.00. The molecule has 0 spiro atoms. The van der Waals surface area contributed by atoms with Gasteiger partial charge in [0.05, 0.1) is 0 Å². The van der Waals surface area contributed by atoms with Gasteiger partial charge in [0.2, 0.25) is 0 Å². The molecule has 0 amide bonds. The van der Waals surface area contributed by atoms with Crippen molar-refractivity contribution in [3.8, 4) is 0 Å². The summed E-state index contributed by atoms with van der Waals surface area (Å²) in [5.74, 6) is 0. The second-order valence-electron chi connectivity index (χ2n) is 3.15. The SMILES string of the molecule is C=O.C=O.C=O.[Cr].c1ccc(Cc2ccccc2)cc1. The van der Waals surface area contributed by atoms with Gasteiger partial charge in [-0.1, -0.05) is 60.7 Å². The van der Waals surface area contributed by atoms with Gasteiger partial charge >= 0.3 is 0 Å². The van der Waals surface area contributed by atoms with E-state index in [0.717, 1.165) is 6.42 Å². The first-order chi connectivity index (χ1) is 9.45. The van der Waals surface area contributed by atoms with Crippen molar-refractivity contribution in [1.82, 2.24) is 0 Å². The van der Waals surface area contributed by atoms with Crippen LogP contribution in [0, 0.1) is 0 Å². The second kappa shape index (κ2) is 19.3. The van der Waals surface area contributed by atoms with Crippen LogP contribution >= 0.6 is 0 Å². The Hall–Kier alpha value is -2.02. The molecule has 4 heteroatoms. The maximum atomic E-state index is 8.00. The van der Waals surface area contributed by atoms with Gasteiger partial charge < -0.3 is 14.4 Å². The van der Waals surface area contributed by atoms with Gasteiger partial charge in [0.25, 0.3) is 0 Å². The average Bonchev–Trinajstić information content (AvgIpc) is 2.55. The monoisotopic (exact) mass is 310 g/mol. The van der Waals surface area contributed by atoms with Gasteiger partial charge in [0.15, 0.2) is 0 Å². The van der Waals surface area contributed by atoms with Crippen LogP contribution in [0.25, 0.3) is 0 Å². The van der Waals surface area contributed by atoms with Crippen molar-refractivity contribution in [2.24, 2.45) is 0 Å². The van der Waals surface area contributed by atoms with E-state index in [2.05, 4.69) is 60.7 Å². The zero-order valence-electron chi connectivity index (χ0n) is 11.2. The Morgan fingerprint density at radius 2 is 0.800 bits per heavy atom. The number of rotatable bonds is 2. The molecule has 0 saturated heterocycles. The van der Waals surface area contributed by atoms with Crippen LogP contribution in [0.4, 0.5) is 0 Å². The fourth-order valence-corrected chi connectivity index (χ4v) is 1.43. The standard InChI is InChI=1S/C13H12.3CH2O.Cr/c1-3-7-12(8-4-1)11-13-9-5-2-6-10-13;3*1-2;/h1-10H,11H2;3*1H2;. The summed E-state index contributed by atoms with van der Waals surface area (Å²) in [6.07, 6.45) is 1.03. The summed E-state index contributed by atoms with van der Waals surface area (Å²) in [7, 11) is 0. The molecule has 0 aliphatic rings. The fourth-order valence-electron chi connectivity index (χ4n) is 1.43. The molecule has 106 valence electrons. The Kier molecular flexibility index (Phi) is 22.3. The smallest absolute Gasteiger partial charge is 0.106 e. The van der Waals surface area contributed by atoms with Gasteiger partial charge in [-0.25, -0.2) is 0 Å². The molecule has 2 aromatic carbocycles. The van der Waals surface area contributed by atoms with Crippen molar-refractivity contribution in [3.63, 3.8) is 0 Å². The summed E-state index contributed by atoms with van der Waals surface area (Å²) >= 11 is 0. The van der Waals surface area contributed by atoms with Crippen LogP contribution in [-0.2, 0) is 38.2 Å². The Morgan fingerprint density at radius 1 is 0.550 bits per heavy atom. The molecule has 0 heterocycles. The van der Waals surface area contributed by atoms with Crippen LogP contribution in [0.2, 0.25) is 0 Å². The molecule has 0 radical (unpaired) electrons. The average molecular weight is 310 g/mol. The minimum atomic E-state index is 0. The third kappa shape index (κ3) is 11.1. The molecule has 0 fully saturated rings. The topological polar surface area (TPSA) is 51.2 Å². The molecule has 0 aliphatic carbocycles. The molecule has 0 aliphatic heterocycles. The van der Waals surface area contributed by atoms with Crippen molar-refractivity contribution in [3.05, 3.63) is 71.8 Å². The van der Waals surface area contributed by atoms with E-state index in [-0.39, 0.29) is 17.4 Å². The van der Waals surface area contributed by atoms with Gasteiger partial charge in [-0.2, -0.15) is 0 Å². The van der Waals surface area contributed by atoms with E-state index in [0.29, 0.717) is 0 Å². The molecular formula is C16H18CrO3. The van der Waals surface area contributed by atoms with Crippen molar-refractivity contribution in [2.75, 3.05) is 0 Å². The van der Waals surface area contributed by atoms with Crippen molar-refractivity contribution in [2.45, 2.75) is 6.42 Å². The molecule has 0 unspecified atom stereocenters. The first kappa shape index (κ1) is 23.1. The molecule has 0 atom stereocenters. The van der Waals surface area contributed by atoms with Crippen LogP contribution in [0.3, 0.4) is 0 Å². The normalized spacial score (nSPS) is 7.00. The van der Waals surface area contributed by atoms with Gasteiger partial charge in [-0.3, -0.25) is 0 Å². The summed E-state index contributed by atoms with van der Waals surface area (Å²) in [5.41, 5.74) is 2.74. The first-order valence-corrected chi connectivity index (χ1v) is 5.39. The predicted molar refractivity (Wildman–Crippen MR) is 77.1 cm³/mol. The van der Waals surface area contributed by atoms with E-state index in [1.165, 1.54) is 11.1 Å². The van der Waals surface area contributed by atoms with Crippen LogP contribution in [0.15, 0.2) is 60.7 Å². The molecule has 20 heavy (non-hydrogen) atoms. The molecule has 0 bridgehead atoms. The van der Waals surface area contributed by atoms with Gasteiger partial charge in [0.1, 0.15) is 20.4 Å². The molecular weight excluding hydrogens is 292 g/mol. The molecule has 3 nitrogen and oxygen atoms in total. The Morgan fingerprint density at radius 3 is 1.05 bits per heavy atom. The third-order valence-corrected chi connectivity index (χ3v) is 2.09. The molecule has 0 saturated carbocycles. The molecule has 0 aromatic heterocycles. The van der Waals surface area contributed by atoms with E-state index in [4.69, 9.17) is 14.4 Å². The minimum Gasteiger partial charge on any atom is -0.307 e. The Bertz CT molecular complexity index is 364. The Labute approximate surface area is 130 Å². The van der Waals surface area contributed by atoms with Gasteiger partial charge in [-0.15, -0.1) is 0 Å². The molecule has 2 rings (SSSR count). The maximum Gasteiger partial charge on any atom is 0.106 e. The summed E-state index contributed by atoms with van der Waals surface area (Å²) in [6, 6.07) is 21.1. The number of carbonyl (C=O) groups excluding carboxylic acids is 3. The van der Waals surface area contributed by atoms with Gasteiger partial charge in [0, 0.05) is 17.4 Å². The predicted octanol–water partition coefficient (Wildman–Crippen LogP) is 2.72. The zero-order valence-corrected chi connectivity index (χ0v) is 12.5. The number of hydrogen-bond acceptors (Lipinski definition) is 3. The summed E-state index contributed by atoms with van der Waals surface area (Å²) < 4.78 is 0. The van der Waals surface area contributed by atoms with E-state index in [1.807, 2.05) is 20.4 Å². The number of carbonyl (C=O) groups is 3. The zero-order chi connectivity index (χ0) is 14.9.